The molecule has 0 unspecified atom stereocenters. The van der Waals surface area contributed by atoms with E-state index in [1.807, 2.05) is 72.8 Å². The Morgan fingerprint density at radius 2 is 1.02 bits per heavy atom. The van der Waals surface area contributed by atoms with E-state index in [-0.39, 0.29) is 11.8 Å². The number of carbonyl (C=O) groups excluding carboxylic acids is 2. The monoisotopic (exact) mass is 558 g/mol. The number of nitrogens with zero attached hydrogens (tertiary/aromatic N) is 2. The molecule has 0 aromatic heterocycles. The third kappa shape index (κ3) is 8.62. The molecule has 2 N–H and O–H groups in total. The molecule has 0 spiro atoms. The van der Waals surface area contributed by atoms with E-state index in [0.717, 1.165) is 22.3 Å². The number of rotatable bonds is 13. The van der Waals surface area contributed by atoms with E-state index < -0.39 is 0 Å². The van der Waals surface area contributed by atoms with Gasteiger partial charge < -0.3 is 9.47 Å². The van der Waals surface area contributed by atoms with Gasteiger partial charge in [-0.2, -0.15) is 10.2 Å². The number of ether oxygens (including phenoxy) is 2. The standard InChI is InChI=1S/C34H30N4O4/c1-3-19-41-31-9-5-7-25(21-31)23-35-37-33(39)29-15-11-27(12-16-29)28-13-17-30(18-14-28)34(40)38-36-24-26-8-6-10-32(22-26)42-20-4-2/h3-18,21-24H,1-2,19-20H2,(H,37,39)(H,38,40)/b35-23+,36-24+. The molecule has 42 heavy (non-hydrogen) atoms. The lowest BCUT2D eigenvalue weighted by Gasteiger charge is -2.06. The Labute approximate surface area is 244 Å². The van der Waals surface area contributed by atoms with Crippen LogP contribution in [0.15, 0.2) is 133 Å². The van der Waals surface area contributed by atoms with Gasteiger partial charge in [-0.05, 0) is 70.8 Å². The number of hydrazone groups is 2. The van der Waals surface area contributed by atoms with E-state index in [2.05, 4.69) is 34.2 Å². The van der Waals surface area contributed by atoms with Gasteiger partial charge in [-0.25, -0.2) is 10.9 Å². The number of hydrogen-bond donors (Lipinski definition) is 2. The second kappa shape index (κ2) is 15.1. The Balaban J connectivity index is 1.29. The Morgan fingerprint density at radius 3 is 1.40 bits per heavy atom. The van der Waals surface area contributed by atoms with Crippen molar-refractivity contribution in [1.29, 1.82) is 0 Å². The van der Waals surface area contributed by atoms with Crippen molar-refractivity contribution in [3.63, 3.8) is 0 Å². The van der Waals surface area contributed by atoms with Gasteiger partial charge in [0.25, 0.3) is 11.8 Å². The third-order valence-corrected chi connectivity index (χ3v) is 5.84. The van der Waals surface area contributed by atoms with Crippen LogP contribution in [0.1, 0.15) is 31.8 Å². The first-order valence-electron chi connectivity index (χ1n) is 13.1. The molecular formula is C34H30N4O4. The highest BCUT2D eigenvalue weighted by Crippen LogP contribution is 2.21. The average molecular weight is 559 g/mol. The summed E-state index contributed by atoms with van der Waals surface area (Å²) in [4.78, 5) is 25.0. The van der Waals surface area contributed by atoms with E-state index in [4.69, 9.17) is 9.47 Å². The van der Waals surface area contributed by atoms with E-state index in [1.54, 1.807) is 48.8 Å². The molecule has 4 aromatic rings. The van der Waals surface area contributed by atoms with Gasteiger partial charge in [0.05, 0.1) is 12.4 Å². The SMILES string of the molecule is C=CCOc1cccc(/C=N/NC(=O)c2ccc(-c3ccc(C(=O)N/N=C/c4cccc(OCC=C)c4)cc3)cc2)c1. The van der Waals surface area contributed by atoms with Crippen molar-refractivity contribution in [2.24, 2.45) is 10.2 Å². The summed E-state index contributed by atoms with van der Waals surface area (Å²) in [5, 5.41) is 8.08. The van der Waals surface area contributed by atoms with Gasteiger partial charge in [-0.3, -0.25) is 9.59 Å². The molecule has 4 rings (SSSR count). The summed E-state index contributed by atoms with van der Waals surface area (Å²) in [7, 11) is 0. The predicted octanol–water partition coefficient (Wildman–Crippen LogP) is 6.01. The maximum atomic E-state index is 12.5. The van der Waals surface area contributed by atoms with Crippen LogP contribution < -0.4 is 20.3 Å². The molecule has 4 aromatic carbocycles. The highest BCUT2D eigenvalue weighted by atomic mass is 16.5. The molecule has 0 atom stereocenters. The zero-order valence-electron chi connectivity index (χ0n) is 22.9. The van der Waals surface area contributed by atoms with E-state index in [0.29, 0.717) is 35.8 Å². The third-order valence-electron chi connectivity index (χ3n) is 5.84. The van der Waals surface area contributed by atoms with Gasteiger partial charge in [0.2, 0.25) is 0 Å². The largest absolute Gasteiger partial charge is 0.490 e. The van der Waals surface area contributed by atoms with Crippen molar-refractivity contribution in [2.75, 3.05) is 13.2 Å². The fourth-order valence-corrected chi connectivity index (χ4v) is 3.77. The molecule has 0 bridgehead atoms. The van der Waals surface area contributed by atoms with Crippen LogP contribution in [0.3, 0.4) is 0 Å². The van der Waals surface area contributed by atoms with E-state index >= 15 is 0 Å². The molecule has 0 fully saturated rings. The summed E-state index contributed by atoms with van der Waals surface area (Å²) in [5.74, 6) is 0.715. The summed E-state index contributed by atoms with van der Waals surface area (Å²) in [6, 6.07) is 28.9. The lowest BCUT2D eigenvalue weighted by Crippen LogP contribution is -2.17. The van der Waals surface area contributed by atoms with Gasteiger partial charge in [0.1, 0.15) is 24.7 Å². The molecule has 0 saturated carbocycles. The maximum Gasteiger partial charge on any atom is 0.271 e. The lowest BCUT2D eigenvalue weighted by molar-refractivity contribution is 0.0947. The van der Waals surface area contributed by atoms with E-state index in [9.17, 15) is 9.59 Å². The second-order valence-corrected chi connectivity index (χ2v) is 8.90. The Kier molecular flexibility index (Phi) is 10.5. The fourth-order valence-electron chi connectivity index (χ4n) is 3.77. The number of amides is 2. The van der Waals surface area contributed by atoms with Crippen LogP contribution in [0, 0.1) is 0 Å². The van der Waals surface area contributed by atoms with Crippen molar-refractivity contribution < 1.29 is 19.1 Å². The van der Waals surface area contributed by atoms with Crippen LogP contribution in [-0.4, -0.2) is 37.5 Å². The molecular weight excluding hydrogens is 528 g/mol. The van der Waals surface area contributed by atoms with Crippen LogP contribution >= 0.6 is 0 Å². The van der Waals surface area contributed by atoms with Crippen molar-refractivity contribution in [3.05, 3.63) is 145 Å². The average Bonchev–Trinajstić information content (AvgIpc) is 3.03. The van der Waals surface area contributed by atoms with Crippen molar-refractivity contribution in [3.8, 4) is 22.6 Å². The zero-order valence-corrected chi connectivity index (χ0v) is 22.9. The molecule has 0 radical (unpaired) electrons. The molecule has 210 valence electrons. The maximum absolute atomic E-state index is 12.5. The van der Waals surface area contributed by atoms with Crippen molar-refractivity contribution in [2.45, 2.75) is 0 Å². The lowest BCUT2D eigenvalue weighted by atomic mass is 10.0. The topological polar surface area (TPSA) is 101 Å². The Morgan fingerprint density at radius 1 is 0.619 bits per heavy atom. The van der Waals surface area contributed by atoms with Gasteiger partial charge in [0.15, 0.2) is 0 Å². The summed E-state index contributed by atoms with van der Waals surface area (Å²) in [6.45, 7) is 8.08. The molecule has 0 aliphatic rings. The molecule has 2 amide bonds. The first-order chi connectivity index (χ1) is 20.6. The minimum atomic E-state index is -0.333. The minimum Gasteiger partial charge on any atom is -0.490 e. The normalized spacial score (nSPS) is 10.8. The highest BCUT2D eigenvalue weighted by Gasteiger charge is 2.08. The molecule has 0 heterocycles. The molecule has 0 aliphatic carbocycles. The van der Waals surface area contributed by atoms with Crippen LogP contribution in [0.25, 0.3) is 11.1 Å². The molecule has 8 nitrogen and oxygen atoms in total. The summed E-state index contributed by atoms with van der Waals surface area (Å²) in [6.07, 6.45) is 6.44. The Bertz CT molecular complexity index is 1470. The van der Waals surface area contributed by atoms with Crippen LogP contribution in [0.5, 0.6) is 11.5 Å². The smallest absolute Gasteiger partial charge is 0.271 e. The first kappa shape index (κ1) is 29.2. The number of hydrogen-bond acceptors (Lipinski definition) is 6. The minimum absolute atomic E-state index is 0.333. The number of carbonyl (C=O) groups is 2. The molecule has 0 saturated heterocycles. The molecule has 8 heteroatoms. The fraction of sp³-hybridized carbons (Fsp3) is 0.0588. The van der Waals surface area contributed by atoms with Gasteiger partial charge in [-0.15, -0.1) is 0 Å². The predicted molar refractivity (Wildman–Crippen MR) is 166 cm³/mol. The first-order valence-corrected chi connectivity index (χ1v) is 13.1. The zero-order chi connectivity index (χ0) is 29.6. The molecule has 0 aliphatic heterocycles. The van der Waals surface area contributed by atoms with Gasteiger partial charge in [0, 0.05) is 11.1 Å². The summed E-state index contributed by atoms with van der Waals surface area (Å²) < 4.78 is 11.0. The Hall–Kier alpha value is -5.76. The van der Waals surface area contributed by atoms with Crippen LogP contribution in [-0.2, 0) is 0 Å². The number of nitrogens with one attached hydrogen (secondary N) is 2. The second-order valence-electron chi connectivity index (χ2n) is 8.90. The van der Waals surface area contributed by atoms with Gasteiger partial charge in [-0.1, -0.05) is 73.8 Å². The summed E-state index contributed by atoms with van der Waals surface area (Å²) in [5.41, 5.74) is 9.37. The van der Waals surface area contributed by atoms with Crippen molar-refractivity contribution in [1.82, 2.24) is 10.9 Å². The summed E-state index contributed by atoms with van der Waals surface area (Å²) >= 11 is 0. The van der Waals surface area contributed by atoms with Crippen molar-refractivity contribution >= 4 is 24.2 Å². The van der Waals surface area contributed by atoms with Gasteiger partial charge >= 0.3 is 0 Å². The number of benzene rings is 4. The van der Waals surface area contributed by atoms with E-state index in [1.165, 1.54) is 0 Å². The van der Waals surface area contributed by atoms with Crippen LogP contribution in [0.4, 0.5) is 0 Å². The highest BCUT2D eigenvalue weighted by molar-refractivity contribution is 5.96. The quantitative estimate of drug-likeness (QED) is 0.119. The van der Waals surface area contributed by atoms with Crippen LogP contribution in [0.2, 0.25) is 0 Å².